The van der Waals surface area contributed by atoms with Gasteiger partial charge in [0.05, 0.1) is 12.6 Å². The molecule has 4 amide bonds. The Bertz CT molecular complexity index is 1500. The third kappa shape index (κ3) is 12.8. The number of carbonyl (C=O) groups excluding carboxylic acids is 4. The summed E-state index contributed by atoms with van der Waals surface area (Å²) in [5.74, 6) is -2.23. The summed E-state index contributed by atoms with van der Waals surface area (Å²) in [6.07, 6.45) is 15.2. The number of aliphatic carboxylic acids is 1. The molecule has 4 rings (SSSR count). The Kier molecular flexibility index (Phi) is 17.4. The van der Waals surface area contributed by atoms with E-state index in [1.165, 1.54) is 62.7 Å². The van der Waals surface area contributed by atoms with E-state index in [1.54, 1.807) is 23.7 Å². The summed E-state index contributed by atoms with van der Waals surface area (Å²) < 4.78 is 4.62. The predicted octanol–water partition coefficient (Wildman–Crippen LogP) is 4.18. The summed E-state index contributed by atoms with van der Waals surface area (Å²) >= 11 is 2.40. The van der Waals surface area contributed by atoms with Gasteiger partial charge in [-0.15, -0.1) is 23.1 Å². The van der Waals surface area contributed by atoms with Crippen molar-refractivity contribution in [1.29, 1.82) is 0 Å². The number of primary amides is 1. The number of aromatic nitrogens is 2. The number of β-lactam (4-membered cyclic amide) rings is 1. The molecular formula is C35H53N7O8S2. The molecule has 288 valence electrons. The van der Waals surface area contributed by atoms with E-state index < -0.39 is 35.0 Å². The van der Waals surface area contributed by atoms with Crippen LogP contribution in [0.2, 0.25) is 0 Å². The number of fused-ring (bicyclic) bond motifs is 1. The Morgan fingerprint density at radius 3 is 2.35 bits per heavy atom. The number of amides is 4. The number of hydrogen-bond donors (Lipinski definition) is 7. The van der Waals surface area contributed by atoms with E-state index in [1.807, 2.05) is 0 Å². The van der Waals surface area contributed by atoms with Crippen LogP contribution >= 0.6 is 23.1 Å². The van der Waals surface area contributed by atoms with Crippen molar-refractivity contribution in [2.24, 2.45) is 5.73 Å². The van der Waals surface area contributed by atoms with Crippen LogP contribution in [0.4, 0.5) is 10.7 Å². The number of anilines is 1. The molecule has 0 bridgehead atoms. The number of H-pyrrole nitrogens is 1. The van der Waals surface area contributed by atoms with Crippen LogP contribution < -0.4 is 22.1 Å². The van der Waals surface area contributed by atoms with Crippen molar-refractivity contribution in [2.75, 3.05) is 18.1 Å². The van der Waals surface area contributed by atoms with Crippen LogP contribution in [0, 0.1) is 0 Å². The molecule has 1 fully saturated rings. The SMILES string of the molecule is CCCCCCC(CCCCCC)NC(=O)CCCc1cnc(N)[nH]1.NC(=O)OCC1=C(C(=O)O)N2C(=O)[C@@](O)(NC(=O)Cc3cccs3)[C@H]2SC1. The maximum atomic E-state index is 12.5. The molecule has 2 aliphatic rings. The van der Waals surface area contributed by atoms with E-state index in [2.05, 4.69) is 39.2 Å². The number of carbonyl (C=O) groups is 5. The number of imidazole rings is 1. The Morgan fingerprint density at radius 2 is 1.79 bits per heavy atom. The standard InChI is InChI=1S/C20H38N4O.C15H15N3O7S2/c1-3-5-7-9-12-17(13-10-8-6-4-2)23-19(25)15-11-14-18-16-22-20(21)24-18;16-14(23)25-5-7-6-27-13-15(24,12(22)18(13)10(7)11(20)21)17-9(19)4-8-2-1-3-26-8/h16-17H,3-15H2,1-2H3,(H,23,25)(H3,21,22,24);1-3,13,24H,4-6H2,(H2,16,23)(H,17,19)(H,20,21)/t;13-,15+/m.1/s1. The summed E-state index contributed by atoms with van der Waals surface area (Å²) in [6.45, 7) is 4.08. The quantitative estimate of drug-likeness (QED) is 0.0540. The van der Waals surface area contributed by atoms with E-state index in [0.717, 1.165) is 52.9 Å². The number of thioether (sulfide) groups is 1. The van der Waals surface area contributed by atoms with Crippen molar-refractivity contribution >= 4 is 58.8 Å². The summed E-state index contributed by atoms with van der Waals surface area (Å²) in [7, 11) is 0. The van der Waals surface area contributed by atoms with Crippen LogP contribution in [-0.4, -0.2) is 84.4 Å². The summed E-state index contributed by atoms with van der Waals surface area (Å²) in [5, 5.41) is 26.4. The highest BCUT2D eigenvalue weighted by Gasteiger charge is 2.65. The molecule has 1 saturated heterocycles. The van der Waals surface area contributed by atoms with Gasteiger partial charge in [0.2, 0.25) is 11.8 Å². The zero-order valence-corrected chi connectivity index (χ0v) is 31.6. The summed E-state index contributed by atoms with van der Waals surface area (Å²) in [6, 6.07) is 3.87. The highest BCUT2D eigenvalue weighted by Crippen LogP contribution is 2.45. The van der Waals surface area contributed by atoms with E-state index in [9.17, 15) is 34.2 Å². The highest BCUT2D eigenvalue weighted by molar-refractivity contribution is 8.00. The van der Waals surface area contributed by atoms with Crippen molar-refractivity contribution < 1.29 is 38.9 Å². The molecule has 4 heterocycles. The third-order valence-corrected chi connectivity index (χ3v) is 10.9. The molecule has 0 saturated carbocycles. The van der Waals surface area contributed by atoms with Crippen LogP contribution in [0.25, 0.3) is 0 Å². The lowest BCUT2D eigenvalue weighted by Gasteiger charge is -2.54. The lowest BCUT2D eigenvalue weighted by atomic mass is 9.98. The molecule has 2 aliphatic heterocycles. The second-order valence-corrected chi connectivity index (χ2v) is 15.0. The molecule has 2 aromatic heterocycles. The average molecular weight is 764 g/mol. The highest BCUT2D eigenvalue weighted by atomic mass is 32.2. The van der Waals surface area contributed by atoms with Crippen LogP contribution in [0.15, 0.2) is 35.0 Å². The van der Waals surface area contributed by atoms with Crippen molar-refractivity contribution in [1.82, 2.24) is 25.5 Å². The molecule has 0 spiro atoms. The first-order valence-corrected chi connectivity index (χ1v) is 19.8. The second kappa shape index (κ2) is 21.4. The fourth-order valence-corrected chi connectivity index (χ4v) is 8.01. The molecule has 0 aromatic carbocycles. The van der Waals surface area contributed by atoms with Crippen LogP contribution in [0.3, 0.4) is 0 Å². The molecule has 2 aromatic rings. The van der Waals surface area contributed by atoms with E-state index in [-0.39, 0.29) is 36.0 Å². The van der Waals surface area contributed by atoms with Crippen molar-refractivity contribution in [3.8, 4) is 0 Å². The van der Waals surface area contributed by atoms with Gasteiger partial charge in [-0.2, -0.15) is 0 Å². The van der Waals surface area contributed by atoms with Crippen LogP contribution in [0.1, 0.15) is 101 Å². The van der Waals surface area contributed by atoms with Gasteiger partial charge in [-0.25, -0.2) is 14.6 Å². The number of unbranched alkanes of at least 4 members (excludes halogenated alkanes) is 6. The minimum atomic E-state index is -2.20. The third-order valence-electron chi connectivity index (χ3n) is 8.64. The van der Waals surface area contributed by atoms with Crippen molar-refractivity contribution in [3.05, 3.63) is 45.6 Å². The summed E-state index contributed by atoms with van der Waals surface area (Å²) in [5.41, 5.74) is 9.03. The second-order valence-electron chi connectivity index (χ2n) is 12.9. The zero-order valence-electron chi connectivity index (χ0n) is 30.0. The van der Waals surface area contributed by atoms with E-state index >= 15 is 0 Å². The molecule has 2 atom stereocenters. The minimum absolute atomic E-state index is 0.00995. The monoisotopic (exact) mass is 763 g/mol. The maximum absolute atomic E-state index is 12.5. The lowest BCUT2D eigenvalue weighted by molar-refractivity contribution is -0.186. The van der Waals surface area contributed by atoms with Crippen LogP contribution in [-0.2, 0) is 36.8 Å². The smallest absolute Gasteiger partial charge is 0.404 e. The molecular weight excluding hydrogens is 711 g/mol. The first-order valence-electron chi connectivity index (χ1n) is 17.9. The number of aromatic amines is 1. The van der Waals surface area contributed by atoms with Crippen molar-refractivity contribution in [2.45, 2.75) is 121 Å². The Morgan fingerprint density at radius 1 is 1.10 bits per heavy atom. The maximum Gasteiger partial charge on any atom is 0.404 e. The lowest BCUT2D eigenvalue weighted by Crippen LogP contribution is -2.80. The van der Waals surface area contributed by atoms with Gasteiger partial charge in [0.1, 0.15) is 17.7 Å². The molecule has 17 heteroatoms. The number of nitrogen functional groups attached to an aromatic ring is 1. The number of ether oxygens (including phenoxy) is 1. The Balaban J connectivity index is 0.000000282. The molecule has 15 nitrogen and oxygen atoms in total. The Hall–Kier alpha value is -4.09. The number of carboxylic acid groups (broad SMARTS) is 1. The molecule has 52 heavy (non-hydrogen) atoms. The topological polar surface area (TPSA) is 243 Å². The number of aryl methyl sites for hydroxylation is 1. The average Bonchev–Trinajstić information content (AvgIpc) is 3.78. The van der Waals surface area contributed by atoms with Gasteiger partial charge in [0, 0.05) is 34.4 Å². The number of nitrogens with two attached hydrogens (primary N) is 2. The van der Waals surface area contributed by atoms with Crippen LogP contribution in [0.5, 0.6) is 0 Å². The van der Waals surface area contributed by atoms with Gasteiger partial charge >= 0.3 is 12.1 Å². The van der Waals surface area contributed by atoms with Gasteiger partial charge in [-0.05, 0) is 37.1 Å². The molecule has 9 N–H and O–H groups in total. The van der Waals surface area contributed by atoms with Gasteiger partial charge in [0.15, 0.2) is 5.95 Å². The fourth-order valence-electron chi connectivity index (χ4n) is 5.98. The van der Waals surface area contributed by atoms with Gasteiger partial charge < -0.3 is 42.0 Å². The predicted molar refractivity (Wildman–Crippen MR) is 200 cm³/mol. The number of nitrogens with one attached hydrogen (secondary N) is 3. The van der Waals surface area contributed by atoms with Gasteiger partial charge in [0.25, 0.3) is 11.6 Å². The Labute approximate surface area is 312 Å². The van der Waals surface area contributed by atoms with E-state index in [4.69, 9.17) is 11.5 Å². The summed E-state index contributed by atoms with van der Waals surface area (Å²) in [4.78, 5) is 67.9. The van der Waals surface area contributed by atoms with Crippen molar-refractivity contribution in [3.63, 3.8) is 0 Å². The molecule has 0 radical (unpaired) electrons. The molecule has 0 unspecified atom stereocenters. The minimum Gasteiger partial charge on any atom is -0.477 e. The number of aliphatic hydroxyl groups is 1. The van der Waals surface area contributed by atoms with Gasteiger partial charge in [-0.1, -0.05) is 71.3 Å². The van der Waals surface area contributed by atoms with Gasteiger partial charge in [-0.3, -0.25) is 19.3 Å². The number of thiophene rings is 1. The number of nitrogens with zero attached hydrogens (tertiary/aromatic N) is 2. The fraction of sp³-hybridized carbons (Fsp3) is 0.600. The van der Waals surface area contributed by atoms with E-state index in [0.29, 0.717) is 18.4 Å². The number of carboxylic acids is 1. The normalized spacial score (nSPS) is 17.9. The number of rotatable bonds is 21. The first-order chi connectivity index (χ1) is 24.9. The molecule has 0 aliphatic carbocycles. The number of hydrogen-bond acceptors (Lipinski definition) is 11. The largest absolute Gasteiger partial charge is 0.477 e. The zero-order chi connectivity index (χ0) is 38.1. The first kappa shape index (κ1) is 42.3.